The Kier molecular flexibility index (Phi) is 5.37. The van der Waals surface area contributed by atoms with E-state index in [2.05, 4.69) is 33.5 Å². The highest BCUT2D eigenvalue weighted by Gasteiger charge is 2.23. The van der Waals surface area contributed by atoms with Gasteiger partial charge >= 0.3 is 0 Å². The molecule has 0 spiro atoms. The summed E-state index contributed by atoms with van der Waals surface area (Å²) in [6.07, 6.45) is 8.42. The number of carbonyl (C=O) groups excluding carboxylic acids is 1. The van der Waals surface area contributed by atoms with Crippen LogP contribution in [0.4, 0.5) is 5.82 Å². The Labute approximate surface area is 161 Å². The van der Waals surface area contributed by atoms with Gasteiger partial charge in [0.05, 0.1) is 0 Å². The first-order valence-electron chi connectivity index (χ1n) is 10.2. The Balaban J connectivity index is 1.50. The first kappa shape index (κ1) is 18.0. The molecule has 1 saturated carbocycles. The number of nitrogens with zero attached hydrogens (tertiary/aromatic N) is 3. The lowest BCUT2D eigenvalue weighted by Gasteiger charge is -2.28. The normalized spacial score (nSPS) is 17.9. The lowest BCUT2D eigenvalue weighted by molar-refractivity contribution is 0.0728. The monoisotopic (exact) mass is 364 g/mol. The summed E-state index contributed by atoms with van der Waals surface area (Å²) in [7, 11) is 0. The second-order valence-corrected chi connectivity index (χ2v) is 7.76. The molecule has 2 aliphatic rings. The first-order valence-corrected chi connectivity index (χ1v) is 10.2. The second-order valence-electron chi connectivity index (χ2n) is 7.76. The van der Waals surface area contributed by atoms with Gasteiger partial charge in [0.25, 0.3) is 5.91 Å². The van der Waals surface area contributed by atoms with Gasteiger partial charge in [-0.25, -0.2) is 9.97 Å². The summed E-state index contributed by atoms with van der Waals surface area (Å²) in [6.45, 7) is 3.26. The number of nitrogens with one attached hydrogen (secondary N) is 1. The Bertz CT molecular complexity index is 812. The van der Waals surface area contributed by atoms with Crippen molar-refractivity contribution in [2.24, 2.45) is 0 Å². The van der Waals surface area contributed by atoms with E-state index in [0.717, 1.165) is 18.8 Å². The van der Waals surface area contributed by atoms with E-state index in [1.54, 1.807) is 0 Å². The van der Waals surface area contributed by atoms with Crippen LogP contribution in [-0.2, 0) is 13.0 Å². The zero-order valence-electron chi connectivity index (χ0n) is 16.1. The van der Waals surface area contributed by atoms with Crippen molar-refractivity contribution in [3.05, 3.63) is 53.0 Å². The average Bonchev–Trinajstić information content (AvgIpc) is 2.95. The quantitative estimate of drug-likeness (QED) is 0.833. The third-order valence-electron chi connectivity index (χ3n) is 5.68. The van der Waals surface area contributed by atoms with Crippen LogP contribution in [0.2, 0.25) is 0 Å². The molecule has 2 heterocycles. The molecule has 27 heavy (non-hydrogen) atoms. The molecule has 1 aromatic carbocycles. The van der Waals surface area contributed by atoms with Gasteiger partial charge in [0, 0.05) is 25.2 Å². The number of aryl methyl sites for hydroxylation is 1. The lowest BCUT2D eigenvalue weighted by Crippen LogP contribution is -2.36. The van der Waals surface area contributed by atoms with Crippen LogP contribution in [-0.4, -0.2) is 33.4 Å². The summed E-state index contributed by atoms with van der Waals surface area (Å²) in [6, 6.07) is 10.7. The molecule has 5 nitrogen and oxygen atoms in total. The van der Waals surface area contributed by atoms with Crippen molar-refractivity contribution in [1.29, 1.82) is 0 Å². The fourth-order valence-electron chi connectivity index (χ4n) is 4.22. The smallest absolute Gasteiger partial charge is 0.272 e. The Hall–Kier alpha value is -2.43. The van der Waals surface area contributed by atoms with E-state index in [4.69, 9.17) is 0 Å². The molecule has 142 valence electrons. The van der Waals surface area contributed by atoms with Crippen LogP contribution in [0.15, 0.2) is 30.3 Å². The first-order chi connectivity index (χ1) is 13.2. The predicted octanol–water partition coefficient (Wildman–Crippen LogP) is 4.12. The minimum Gasteiger partial charge on any atom is -0.367 e. The SMILES string of the molecule is Cc1nc(NC2CCCCCC2)cc(C(=O)N2CCc3ccccc3C2)n1. The van der Waals surface area contributed by atoms with Gasteiger partial charge in [-0.2, -0.15) is 0 Å². The van der Waals surface area contributed by atoms with Gasteiger partial charge < -0.3 is 10.2 Å². The zero-order valence-corrected chi connectivity index (χ0v) is 16.1. The number of anilines is 1. The fourth-order valence-corrected chi connectivity index (χ4v) is 4.22. The molecule has 1 amide bonds. The van der Waals surface area contributed by atoms with E-state index in [1.165, 1.54) is 49.7 Å². The molecule has 1 fully saturated rings. The van der Waals surface area contributed by atoms with Crippen molar-refractivity contribution in [3.63, 3.8) is 0 Å². The highest BCUT2D eigenvalue weighted by Crippen LogP contribution is 2.23. The van der Waals surface area contributed by atoms with Gasteiger partial charge in [-0.3, -0.25) is 4.79 Å². The Morgan fingerprint density at radius 3 is 2.59 bits per heavy atom. The fraction of sp³-hybridized carbons (Fsp3) is 0.500. The molecule has 1 aromatic heterocycles. The molecular formula is C22H28N4O. The largest absolute Gasteiger partial charge is 0.367 e. The highest BCUT2D eigenvalue weighted by molar-refractivity contribution is 5.93. The van der Waals surface area contributed by atoms with Crippen LogP contribution in [0.5, 0.6) is 0 Å². The summed E-state index contributed by atoms with van der Waals surface area (Å²) in [5.74, 6) is 1.43. The number of carbonyl (C=O) groups is 1. The molecule has 0 atom stereocenters. The number of rotatable bonds is 3. The minimum atomic E-state index is -0.00100. The van der Waals surface area contributed by atoms with Crippen molar-refractivity contribution in [3.8, 4) is 0 Å². The van der Waals surface area contributed by atoms with E-state index >= 15 is 0 Å². The number of amides is 1. The topological polar surface area (TPSA) is 58.1 Å². The molecule has 0 unspecified atom stereocenters. The Morgan fingerprint density at radius 2 is 1.81 bits per heavy atom. The van der Waals surface area contributed by atoms with E-state index in [0.29, 0.717) is 24.1 Å². The van der Waals surface area contributed by atoms with Crippen LogP contribution < -0.4 is 5.32 Å². The molecule has 1 N–H and O–H groups in total. The van der Waals surface area contributed by atoms with Crippen molar-refractivity contribution in [2.75, 3.05) is 11.9 Å². The molecule has 2 aromatic rings. The average molecular weight is 364 g/mol. The maximum Gasteiger partial charge on any atom is 0.272 e. The third-order valence-corrected chi connectivity index (χ3v) is 5.68. The van der Waals surface area contributed by atoms with Gasteiger partial charge in [0.2, 0.25) is 0 Å². The number of benzene rings is 1. The molecule has 0 saturated heterocycles. The van der Waals surface area contributed by atoms with Crippen LogP contribution in [0.3, 0.4) is 0 Å². The summed E-state index contributed by atoms with van der Waals surface area (Å²) >= 11 is 0. The van der Waals surface area contributed by atoms with Crippen molar-refractivity contribution >= 4 is 11.7 Å². The molecule has 0 radical (unpaired) electrons. The maximum absolute atomic E-state index is 13.1. The Morgan fingerprint density at radius 1 is 1.07 bits per heavy atom. The third kappa shape index (κ3) is 4.29. The van der Waals surface area contributed by atoms with Crippen LogP contribution in [0, 0.1) is 6.92 Å². The van der Waals surface area contributed by atoms with Gasteiger partial charge in [0.1, 0.15) is 17.3 Å². The minimum absolute atomic E-state index is 0.00100. The summed E-state index contributed by atoms with van der Waals surface area (Å²) in [5.41, 5.74) is 3.08. The van der Waals surface area contributed by atoms with Crippen molar-refractivity contribution in [1.82, 2.24) is 14.9 Å². The van der Waals surface area contributed by atoms with E-state index in [-0.39, 0.29) is 5.91 Å². The molecule has 1 aliphatic heterocycles. The molecule has 1 aliphatic carbocycles. The van der Waals surface area contributed by atoms with Crippen LogP contribution in [0.1, 0.15) is 66.0 Å². The van der Waals surface area contributed by atoms with E-state index < -0.39 is 0 Å². The zero-order chi connectivity index (χ0) is 18.6. The number of aromatic nitrogens is 2. The van der Waals surface area contributed by atoms with Crippen LogP contribution >= 0.6 is 0 Å². The van der Waals surface area contributed by atoms with Gasteiger partial charge in [-0.05, 0) is 37.3 Å². The molecular weight excluding hydrogens is 336 g/mol. The molecule has 5 heteroatoms. The van der Waals surface area contributed by atoms with Crippen molar-refractivity contribution < 1.29 is 4.79 Å². The summed E-state index contributed by atoms with van der Waals surface area (Å²) in [5, 5.41) is 3.55. The van der Waals surface area contributed by atoms with Gasteiger partial charge in [0.15, 0.2) is 0 Å². The van der Waals surface area contributed by atoms with Crippen LogP contribution in [0.25, 0.3) is 0 Å². The summed E-state index contributed by atoms with van der Waals surface area (Å²) < 4.78 is 0. The standard InChI is InChI=1S/C22H28N4O/c1-16-23-20(14-21(24-16)25-19-10-4-2-3-5-11-19)22(27)26-13-12-17-8-6-7-9-18(17)15-26/h6-9,14,19H,2-5,10-13,15H2,1H3,(H,23,24,25). The number of hydrogen-bond donors (Lipinski definition) is 1. The number of fused-ring (bicyclic) bond motifs is 1. The predicted molar refractivity (Wildman–Crippen MR) is 107 cm³/mol. The van der Waals surface area contributed by atoms with E-state index in [1.807, 2.05) is 24.0 Å². The molecule has 0 bridgehead atoms. The maximum atomic E-state index is 13.1. The summed E-state index contributed by atoms with van der Waals surface area (Å²) in [4.78, 5) is 23.9. The van der Waals surface area contributed by atoms with Gasteiger partial charge in [-0.1, -0.05) is 49.9 Å². The van der Waals surface area contributed by atoms with E-state index in [9.17, 15) is 4.79 Å². The number of hydrogen-bond acceptors (Lipinski definition) is 4. The molecule has 4 rings (SSSR count). The van der Waals surface area contributed by atoms with Gasteiger partial charge in [-0.15, -0.1) is 0 Å². The highest BCUT2D eigenvalue weighted by atomic mass is 16.2. The lowest BCUT2D eigenvalue weighted by atomic mass is 10.00. The second kappa shape index (κ2) is 8.07. The van der Waals surface area contributed by atoms with Crippen molar-refractivity contribution in [2.45, 2.75) is 64.5 Å².